The van der Waals surface area contributed by atoms with Crippen LogP contribution in [-0.2, 0) is 0 Å². The van der Waals surface area contributed by atoms with Crippen molar-refractivity contribution < 1.29 is 14.8 Å². The van der Waals surface area contributed by atoms with Crippen molar-refractivity contribution in [2.24, 2.45) is 5.92 Å². The number of nitrogens with zero attached hydrogens (tertiary/aromatic N) is 1. The summed E-state index contributed by atoms with van der Waals surface area (Å²) in [7, 11) is -1.61. The second-order valence-electron chi connectivity index (χ2n) is 3.60. The first-order chi connectivity index (χ1) is 7.02. The molecule has 15 heavy (non-hydrogen) atoms. The van der Waals surface area contributed by atoms with Gasteiger partial charge in [-0.15, -0.1) is 0 Å². The summed E-state index contributed by atoms with van der Waals surface area (Å²) in [5.41, 5.74) is 0.199. The quantitative estimate of drug-likeness (QED) is 0.736. The van der Waals surface area contributed by atoms with E-state index < -0.39 is 7.12 Å². The largest absolute Gasteiger partial charge is 0.490 e. The maximum atomic E-state index is 8.99. The molecule has 0 bridgehead atoms. The smallest absolute Gasteiger partial charge is 0.476 e. The normalized spacial score (nSPS) is 10.5. The molecule has 1 aromatic heterocycles. The lowest BCUT2D eigenvalue weighted by Crippen LogP contribution is -2.31. The Morgan fingerprint density at radius 3 is 2.73 bits per heavy atom. The minimum absolute atomic E-state index is 0.146. The van der Waals surface area contributed by atoms with Gasteiger partial charge in [0, 0.05) is 11.7 Å². The summed E-state index contributed by atoms with van der Waals surface area (Å²) in [5.74, 6) is 0.585. The van der Waals surface area contributed by atoms with E-state index in [1.807, 2.05) is 13.8 Å². The third-order valence-electron chi connectivity index (χ3n) is 1.72. The van der Waals surface area contributed by atoms with Crippen LogP contribution in [0.25, 0.3) is 0 Å². The topological polar surface area (TPSA) is 62.6 Å². The van der Waals surface area contributed by atoms with Crippen LogP contribution in [0.1, 0.15) is 13.8 Å². The maximum absolute atomic E-state index is 8.99. The van der Waals surface area contributed by atoms with Crippen molar-refractivity contribution in [1.29, 1.82) is 0 Å². The summed E-state index contributed by atoms with van der Waals surface area (Å²) in [6.45, 7) is 4.48. The average Bonchev–Trinajstić information content (AvgIpc) is 2.15. The van der Waals surface area contributed by atoms with Gasteiger partial charge in [-0.25, -0.2) is 4.98 Å². The molecule has 82 valence electrons. The molecule has 0 amide bonds. The van der Waals surface area contributed by atoms with E-state index in [0.717, 1.165) is 0 Å². The molecule has 0 aliphatic carbocycles. The number of ether oxygens (including phenoxy) is 1. The van der Waals surface area contributed by atoms with E-state index in [-0.39, 0.29) is 16.4 Å². The van der Waals surface area contributed by atoms with E-state index in [1.165, 1.54) is 12.3 Å². The zero-order valence-corrected chi connectivity index (χ0v) is 9.40. The first-order valence-electron chi connectivity index (χ1n) is 4.65. The lowest BCUT2D eigenvalue weighted by atomic mass is 9.81. The minimum atomic E-state index is -1.61. The number of hydrogen-bond acceptors (Lipinski definition) is 4. The molecule has 1 aromatic rings. The maximum Gasteiger partial charge on any atom is 0.490 e. The van der Waals surface area contributed by atoms with Crippen LogP contribution in [0.3, 0.4) is 0 Å². The van der Waals surface area contributed by atoms with Gasteiger partial charge in [-0.05, 0) is 12.0 Å². The monoisotopic (exact) mass is 229 g/mol. The van der Waals surface area contributed by atoms with Crippen molar-refractivity contribution in [3.8, 4) is 5.88 Å². The molecule has 0 radical (unpaired) electrons. The summed E-state index contributed by atoms with van der Waals surface area (Å²) in [6, 6.07) is 1.44. The van der Waals surface area contributed by atoms with E-state index >= 15 is 0 Å². The van der Waals surface area contributed by atoms with Gasteiger partial charge < -0.3 is 14.8 Å². The van der Waals surface area contributed by atoms with Gasteiger partial charge in [-0.3, -0.25) is 0 Å². The summed E-state index contributed by atoms with van der Waals surface area (Å²) in [5, 5.41) is 18.1. The highest BCUT2D eigenvalue weighted by Crippen LogP contribution is 2.19. The first kappa shape index (κ1) is 12.3. The molecule has 1 rings (SSSR count). The van der Waals surface area contributed by atoms with Gasteiger partial charge in [0.25, 0.3) is 0 Å². The van der Waals surface area contributed by atoms with E-state index in [1.54, 1.807) is 0 Å². The zero-order valence-electron chi connectivity index (χ0n) is 8.64. The Labute approximate surface area is 94.0 Å². The van der Waals surface area contributed by atoms with Gasteiger partial charge >= 0.3 is 7.12 Å². The van der Waals surface area contributed by atoms with Gasteiger partial charge in [-0.2, -0.15) is 0 Å². The second kappa shape index (κ2) is 5.35. The molecular formula is C9H13BClNO3. The SMILES string of the molecule is CC(C)COc1nccc(B(O)O)c1Cl. The van der Waals surface area contributed by atoms with Crippen LogP contribution >= 0.6 is 11.6 Å². The van der Waals surface area contributed by atoms with E-state index in [0.29, 0.717) is 12.5 Å². The third kappa shape index (κ3) is 3.37. The van der Waals surface area contributed by atoms with Crippen LogP contribution in [0.2, 0.25) is 5.02 Å². The summed E-state index contributed by atoms with van der Waals surface area (Å²) < 4.78 is 5.32. The van der Waals surface area contributed by atoms with E-state index in [4.69, 9.17) is 26.4 Å². The molecule has 0 atom stereocenters. The second-order valence-corrected chi connectivity index (χ2v) is 3.98. The van der Waals surface area contributed by atoms with Crippen LogP contribution in [0.5, 0.6) is 5.88 Å². The Morgan fingerprint density at radius 2 is 2.20 bits per heavy atom. The van der Waals surface area contributed by atoms with Crippen molar-refractivity contribution >= 4 is 24.2 Å². The van der Waals surface area contributed by atoms with Crippen LogP contribution in [0, 0.1) is 5.92 Å². The number of halogens is 1. The van der Waals surface area contributed by atoms with E-state index in [2.05, 4.69) is 4.98 Å². The molecule has 0 spiro atoms. The lowest BCUT2D eigenvalue weighted by Gasteiger charge is -2.11. The van der Waals surface area contributed by atoms with Crippen molar-refractivity contribution in [3.05, 3.63) is 17.3 Å². The van der Waals surface area contributed by atoms with Crippen LogP contribution in [0.4, 0.5) is 0 Å². The molecule has 2 N–H and O–H groups in total. The van der Waals surface area contributed by atoms with Crippen LogP contribution in [0.15, 0.2) is 12.3 Å². The van der Waals surface area contributed by atoms with Crippen molar-refractivity contribution in [3.63, 3.8) is 0 Å². The number of rotatable bonds is 4. The number of hydrogen-bond donors (Lipinski definition) is 2. The fraction of sp³-hybridized carbons (Fsp3) is 0.444. The highest BCUT2D eigenvalue weighted by Gasteiger charge is 2.18. The van der Waals surface area contributed by atoms with Crippen molar-refractivity contribution in [2.75, 3.05) is 6.61 Å². The minimum Gasteiger partial charge on any atom is -0.476 e. The predicted molar refractivity (Wildman–Crippen MR) is 59.4 cm³/mol. The van der Waals surface area contributed by atoms with E-state index in [9.17, 15) is 0 Å². The molecule has 0 saturated heterocycles. The molecule has 6 heteroatoms. The van der Waals surface area contributed by atoms with Gasteiger partial charge in [0.1, 0.15) is 5.02 Å². The Kier molecular flexibility index (Phi) is 4.38. The highest BCUT2D eigenvalue weighted by molar-refractivity contribution is 6.63. The zero-order chi connectivity index (χ0) is 11.4. The summed E-state index contributed by atoms with van der Waals surface area (Å²) in [6.07, 6.45) is 1.43. The standard InChI is InChI=1S/C9H13BClNO3/c1-6(2)5-15-9-8(11)7(10(13)14)3-4-12-9/h3-4,6,13-14H,5H2,1-2H3. The van der Waals surface area contributed by atoms with Crippen LogP contribution < -0.4 is 10.2 Å². The molecule has 4 nitrogen and oxygen atoms in total. The Bertz CT molecular complexity index is 333. The Morgan fingerprint density at radius 1 is 1.53 bits per heavy atom. The molecule has 0 fully saturated rings. The summed E-state index contributed by atoms with van der Waals surface area (Å²) >= 11 is 5.88. The molecular weight excluding hydrogens is 216 g/mol. The Balaban J connectivity index is 2.85. The summed E-state index contributed by atoms with van der Waals surface area (Å²) in [4.78, 5) is 3.92. The number of aromatic nitrogens is 1. The molecule has 0 aromatic carbocycles. The molecule has 0 aliphatic rings. The Hall–Kier alpha value is -0.775. The molecule has 0 aliphatic heterocycles. The van der Waals surface area contributed by atoms with Crippen molar-refractivity contribution in [2.45, 2.75) is 13.8 Å². The average molecular weight is 229 g/mol. The third-order valence-corrected chi connectivity index (χ3v) is 2.10. The van der Waals surface area contributed by atoms with Gasteiger partial charge in [0.05, 0.1) is 6.61 Å². The molecule has 1 heterocycles. The first-order valence-corrected chi connectivity index (χ1v) is 5.03. The predicted octanol–water partition coefficient (Wildman–Crippen LogP) is 0.450. The molecule has 0 unspecified atom stereocenters. The fourth-order valence-corrected chi connectivity index (χ4v) is 1.25. The van der Waals surface area contributed by atoms with Crippen LogP contribution in [-0.4, -0.2) is 28.8 Å². The number of pyridine rings is 1. The van der Waals surface area contributed by atoms with Gasteiger partial charge in [0.2, 0.25) is 5.88 Å². The van der Waals surface area contributed by atoms with Gasteiger partial charge in [-0.1, -0.05) is 25.4 Å². The fourth-order valence-electron chi connectivity index (χ4n) is 0.984. The molecule has 0 saturated carbocycles. The lowest BCUT2D eigenvalue weighted by molar-refractivity contribution is 0.261. The van der Waals surface area contributed by atoms with Crippen molar-refractivity contribution in [1.82, 2.24) is 4.98 Å². The van der Waals surface area contributed by atoms with Gasteiger partial charge in [0.15, 0.2) is 0 Å². The highest BCUT2D eigenvalue weighted by atomic mass is 35.5.